The van der Waals surface area contributed by atoms with E-state index in [4.69, 9.17) is 25.8 Å². The van der Waals surface area contributed by atoms with E-state index >= 15 is 0 Å². The zero-order chi connectivity index (χ0) is 22.7. The lowest BCUT2D eigenvalue weighted by Gasteiger charge is -2.18. The van der Waals surface area contributed by atoms with Crippen molar-refractivity contribution in [3.63, 3.8) is 0 Å². The van der Waals surface area contributed by atoms with Crippen molar-refractivity contribution in [2.75, 3.05) is 24.4 Å². The molecule has 0 unspecified atom stereocenters. The van der Waals surface area contributed by atoms with Gasteiger partial charge in [0.1, 0.15) is 22.2 Å². The molecule has 1 aliphatic rings. The molecule has 0 aromatic heterocycles. The maximum absolute atomic E-state index is 13.0. The fourth-order valence-corrected chi connectivity index (χ4v) is 3.16. The molecule has 2 aromatic rings. The normalized spacial score (nSPS) is 13.7. The molecule has 2 amide bonds. The monoisotopic (exact) mass is 444 g/mol. The molecular weight excluding hydrogens is 424 g/mol. The minimum atomic E-state index is -0.701. The van der Waals surface area contributed by atoms with Gasteiger partial charge in [0.2, 0.25) is 0 Å². The van der Waals surface area contributed by atoms with Crippen LogP contribution in [-0.2, 0) is 14.3 Å². The molecule has 1 N–H and O–H groups in total. The molecule has 3 rings (SSSR count). The van der Waals surface area contributed by atoms with Crippen LogP contribution in [-0.4, -0.2) is 38.1 Å². The summed E-state index contributed by atoms with van der Waals surface area (Å²) in [6.07, 6.45) is -0.275. The van der Waals surface area contributed by atoms with Crippen molar-refractivity contribution < 1.29 is 28.6 Å². The first-order valence-electron chi connectivity index (χ1n) is 9.35. The van der Waals surface area contributed by atoms with Crippen molar-refractivity contribution in [3.8, 4) is 11.5 Å². The van der Waals surface area contributed by atoms with Gasteiger partial charge < -0.3 is 19.5 Å². The Kier molecular flexibility index (Phi) is 6.50. The molecule has 9 heteroatoms. The van der Waals surface area contributed by atoms with Crippen molar-refractivity contribution >= 4 is 40.8 Å². The number of rotatable bonds is 7. The summed E-state index contributed by atoms with van der Waals surface area (Å²) in [4.78, 5) is 38.9. The van der Waals surface area contributed by atoms with Gasteiger partial charge in [-0.25, -0.2) is 9.69 Å². The molecule has 0 atom stereocenters. The molecule has 0 radical (unpaired) electrons. The maximum atomic E-state index is 13.0. The van der Waals surface area contributed by atoms with E-state index in [9.17, 15) is 14.4 Å². The molecule has 0 bridgehead atoms. The Labute approximate surface area is 184 Å². The molecule has 0 fully saturated rings. The van der Waals surface area contributed by atoms with Crippen molar-refractivity contribution in [1.29, 1.82) is 0 Å². The number of nitrogens with zero attached hydrogens (tertiary/aromatic N) is 1. The number of hydrogen-bond acceptors (Lipinski definition) is 7. The second-order valence-corrected chi connectivity index (χ2v) is 7.21. The van der Waals surface area contributed by atoms with E-state index in [1.54, 1.807) is 44.2 Å². The Bertz CT molecular complexity index is 1080. The number of carbonyl (C=O) groups is 3. The predicted molar refractivity (Wildman–Crippen MR) is 116 cm³/mol. The van der Waals surface area contributed by atoms with Crippen LogP contribution in [0.1, 0.15) is 24.2 Å². The van der Waals surface area contributed by atoms with Crippen molar-refractivity contribution in [2.24, 2.45) is 0 Å². The van der Waals surface area contributed by atoms with Gasteiger partial charge in [-0.15, -0.1) is 0 Å². The summed E-state index contributed by atoms with van der Waals surface area (Å²) in [6, 6.07) is 11.0. The van der Waals surface area contributed by atoms with Gasteiger partial charge in [0.25, 0.3) is 11.8 Å². The van der Waals surface area contributed by atoms with Crippen LogP contribution in [0, 0.1) is 0 Å². The van der Waals surface area contributed by atoms with Crippen LogP contribution in [0.3, 0.4) is 0 Å². The van der Waals surface area contributed by atoms with Crippen LogP contribution in [0.15, 0.2) is 53.2 Å². The predicted octanol–water partition coefficient (Wildman–Crippen LogP) is 3.70. The molecule has 8 nitrogen and oxygen atoms in total. The quantitative estimate of drug-likeness (QED) is 0.514. The number of amides is 2. The third-order valence-corrected chi connectivity index (χ3v) is 4.72. The van der Waals surface area contributed by atoms with Crippen LogP contribution in [0.2, 0.25) is 0 Å². The lowest BCUT2D eigenvalue weighted by atomic mass is 10.2. The van der Waals surface area contributed by atoms with Gasteiger partial charge in [0, 0.05) is 11.8 Å². The SMILES string of the molecule is COc1ccc(N2C(=O)C(Cl)=C(Nc3cccc(C(=O)OC(C)C)c3)C2=O)c(OC)c1. The first-order chi connectivity index (χ1) is 14.8. The number of hydrogen-bond donors (Lipinski definition) is 1. The van der Waals surface area contributed by atoms with Crippen molar-refractivity contribution in [2.45, 2.75) is 20.0 Å². The molecule has 2 aromatic carbocycles. The first-order valence-corrected chi connectivity index (χ1v) is 9.73. The molecule has 0 saturated heterocycles. The van der Waals surface area contributed by atoms with Gasteiger partial charge in [-0.2, -0.15) is 0 Å². The van der Waals surface area contributed by atoms with Crippen LogP contribution in [0.25, 0.3) is 0 Å². The Hall–Kier alpha value is -3.52. The first kappa shape index (κ1) is 22.2. The van der Waals surface area contributed by atoms with E-state index in [2.05, 4.69) is 5.32 Å². The lowest BCUT2D eigenvalue weighted by molar-refractivity contribution is -0.120. The summed E-state index contributed by atoms with van der Waals surface area (Å²) in [5.74, 6) is -1.09. The van der Waals surface area contributed by atoms with Crippen LogP contribution in [0.5, 0.6) is 11.5 Å². The number of carbonyl (C=O) groups excluding carboxylic acids is 3. The molecule has 0 spiro atoms. The summed E-state index contributed by atoms with van der Waals surface area (Å²) in [5, 5.41) is 2.56. The van der Waals surface area contributed by atoms with Gasteiger partial charge in [-0.1, -0.05) is 17.7 Å². The molecule has 1 aliphatic heterocycles. The molecule has 0 saturated carbocycles. The van der Waals surface area contributed by atoms with Crippen molar-refractivity contribution in [3.05, 3.63) is 58.8 Å². The number of anilines is 2. The van der Waals surface area contributed by atoms with Crippen molar-refractivity contribution in [1.82, 2.24) is 0 Å². The largest absolute Gasteiger partial charge is 0.497 e. The van der Waals surface area contributed by atoms with Gasteiger partial charge in [0.15, 0.2) is 0 Å². The number of ether oxygens (including phenoxy) is 3. The third kappa shape index (κ3) is 4.49. The highest BCUT2D eigenvalue weighted by Crippen LogP contribution is 2.37. The fraction of sp³-hybridized carbons (Fsp3) is 0.227. The van der Waals surface area contributed by atoms with Gasteiger partial charge >= 0.3 is 5.97 Å². The second kappa shape index (κ2) is 9.09. The summed E-state index contributed by atoms with van der Waals surface area (Å²) >= 11 is 6.19. The highest BCUT2D eigenvalue weighted by Gasteiger charge is 2.40. The standard InChI is InChI=1S/C22H21ClN2O6/c1-12(2)31-22(28)13-6-5-7-14(10-13)24-19-18(23)20(26)25(21(19)27)16-9-8-15(29-3)11-17(16)30-4/h5-12,24H,1-4H3. The smallest absolute Gasteiger partial charge is 0.338 e. The summed E-state index contributed by atoms with van der Waals surface area (Å²) in [5.41, 5.74) is 0.804. The molecule has 31 heavy (non-hydrogen) atoms. The summed E-state index contributed by atoms with van der Waals surface area (Å²) < 4.78 is 15.6. The summed E-state index contributed by atoms with van der Waals surface area (Å²) in [6.45, 7) is 3.49. The number of esters is 1. The molecule has 162 valence electrons. The number of imide groups is 1. The minimum Gasteiger partial charge on any atom is -0.497 e. The highest BCUT2D eigenvalue weighted by molar-refractivity contribution is 6.53. The van der Waals surface area contributed by atoms with Crippen LogP contribution in [0.4, 0.5) is 11.4 Å². The highest BCUT2D eigenvalue weighted by atomic mass is 35.5. The Morgan fingerprint density at radius 3 is 2.42 bits per heavy atom. The zero-order valence-corrected chi connectivity index (χ0v) is 18.1. The van der Waals surface area contributed by atoms with Crippen LogP contribution >= 0.6 is 11.6 Å². The summed E-state index contributed by atoms with van der Waals surface area (Å²) in [7, 11) is 2.91. The maximum Gasteiger partial charge on any atom is 0.338 e. The number of halogens is 1. The zero-order valence-electron chi connectivity index (χ0n) is 17.4. The van der Waals surface area contributed by atoms with E-state index in [1.165, 1.54) is 26.4 Å². The van der Waals surface area contributed by atoms with Gasteiger partial charge in [0.05, 0.1) is 31.6 Å². The Morgan fingerprint density at radius 1 is 1.03 bits per heavy atom. The van der Waals surface area contributed by atoms with E-state index in [0.29, 0.717) is 17.0 Å². The van der Waals surface area contributed by atoms with E-state index in [0.717, 1.165) is 4.90 Å². The topological polar surface area (TPSA) is 94.2 Å². The van der Waals surface area contributed by atoms with Crippen LogP contribution < -0.4 is 19.7 Å². The number of benzene rings is 2. The van der Waals surface area contributed by atoms with Gasteiger partial charge in [-0.3, -0.25) is 9.59 Å². The average molecular weight is 445 g/mol. The van der Waals surface area contributed by atoms with E-state index in [1.807, 2.05) is 0 Å². The number of methoxy groups -OCH3 is 2. The molecular formula is C22H21ClN2O6. The fourth-order valence-electron chi connectivity index (χ4n) is 2.95. The molecule has 0 aliphatic carbocycles. The van der Waals surface area contributed by atoms with E-state index in [-0.39, 0.29) is 28.3 Å². The third-order valence-electron chi connectivity index (χ3n) is 4.37. The lowest BCUT2D eigenvalue weighted by Crippen LogP contribution is -2.32. The average Bonchev–Trinajstić information content (AvgIpc) is 2.96. The van der Waals surface area contributed by atoms with Gasteiger partial charge in [-0.05, 0) is 44.2 Å². The van der Waals surface area contributed by atoms with E-state index < -0.39 is 17.8 Å². The minimum absolute atomic E-state index is 0.112. The Balaban J connectivity index is 1.89. The second-order valence-electron chi connectivity index (χ2n) is 6.83. The molecule has 1 heterocycles. The number of nitrogens with one attached hydrogen (secondary N) is 1. The Morgan fingerprint density at radius 2 is 1.77 bits per heavy atom.